The van der Waals surface area contributed by atoms with Gasteiger partial charge in [0.2, 0.25) is 0 Å². The molecule has 2 aromatic heterocycles. The number of benzene rings is 10. The van der Waals surface area contributed by atoms with Crippen molar-refractivity contribution in [1.82, 2.24) is 0 Å². The van der Waals surface area contributed by atoms with Gasteiger partial charge in [-0.3, -0.25) is 0 Å². The Hall–Kier alpha value is -7.39. The van der Waals surface area contributed by atoms with Gasteiger partial charge in [0.15, 0.2) is 0 Å². The molecule has 0 spiro atoms. The minimum absolute atomic E-state index is 0.0458. The molecule has 0 aliphatic carbocycles. The third kappa shape index (κ3) is 8.20. The Morgan fingerprint density at radius 1 is 0.311 bits per heavy atom. The van der Waals surface area contributed by atoms with Crippen molar-refractivity contribution in [2.75, 3.05) is 9.80 Å². The molecule has 10 aromatic carbocycles. The number of anilines is 6. The molecule has 0 saturated carbocycles. The molecule has 0 radical (unpaired) electrons. The molecule has 0 amide bonds. The monoisotopic (exact) mass is 998 g/mol. The van der Waals surface area contributed by atoms with Gasteiger partial charge in [0, 0.05) is 67.8 Å². The fourth-order valence-corrected chi connectivity index (χ4v) is 15.6. The van der Waals surface area contributed by atoms with Crippen LogP contribution in [-0.4, -0.2) is 16.1 Å². The van der Waals surface area contributed by atoms with Gasteiger partial charge in [-0.05, 0) is 150 Å². The van der Waals surface area contributed by atoms with E-state index in [4.69, 9.17) is 8.83 Å². The van der Waals surface area contributed by atoms with Gasteiger partial charge in [-0.25, -0.2) is 0 Å². The van der Waals surface area contributed by atoms with Crippen LogP contribution >= 0.6 is 0 Å². The third-order valence-corrected chi connectivity index (χ3v) is 19.3. The van der Waals surface area contributed by atoms with E-state index in [2.05, 4.69) is 273 Å². The zero-order chi connectivity index (χ0) is 51.6. The minimum atomic E-state index is -1.89. The molecular formula is C68H66N2O2Si2. The summed E-state index contributed by atoms with van der Waals surface area (Å²) >= 11 is 0. The lowest BCUT2D eigenvalue weighted by atomic mass is 9.87. The molecule has 6 heteroatoms. The van der Waals surface area contributed by atoms with E-state index in [1.807, 2.05) is 0 Å². The smallest absolute Gasteiger partial charge is 0.137 e. The van der Waals surface area contributed by atoms with E-state index in [0.29, 0.717) is 0 Å². The normalized spacial score (nSPS) is 12.9. The average molecular weight is 999 g/mol. The van der Waals surface area contributed by atoms with Crippen LogP contribution in [0.3, 0.4) is 0 Å². The summed E-state index contributed by atoms with van der Waals surface area (Å²) in [6, 6.07) is 67.8. The molecule has 0 fully saturated rings. The number of rotatable bonds is 8. The SMILES string of the molecule is CC(C)(C)c1ccc(N(c2ccc3c(c2)oc2cc4cc5c(cc4cc23)oc2cc(N(c3ccc(C(C)(C)C)cc3)c3ccc4ccccc4c3[Si](C)(C)C)ccc25)c2ccc3ccccc3c2[Si](C)(C)C)cc1. The summed E-state index contributed by atoms with van der Waals surface area (Å²) in [6.07, 6.45) is 0. The van der Waals surface area contributed by atoms with Gasteiger partial charge >= 0.3 is 0 Å². The summed E-state index contributed by atoms with van der Waals surface area (Å²) in [5.41, 5.74) is 13.0. The van der Waals surface area contributed by atoms with Crippen LogP contribution in [-0.2, 0) is 10.8 Å². The molecule has 12 aromatic rings. The first kappa shape index (κ1) is 47.6. The second-order valence-corrected chi connectivity index (χ2v) is 34.7. The Morgan fingerprint density at radius 3 is 1.03 bits per heavy atom. The van der Waals surface area contributed by atoms with Crippen molar-refractivity contribution in [2.45, 2.75) is 91.7 Å². The Morgan fingerprint density at radius 2 is 0.662 bits per heavy atom. The van der Waals surface area contributed by atoms with Crippen molar-refractivity contribution in [2.24, 2.45) is 0 Å². The lowest BCUT2D eigenvalue weighted by molar-refractivity contribution is 0.590. The Balaban J connectivity index is 0.977. The molecule has 368 valence electrons. The number of nitrogens with zero attached hydrogens (tertiary/aromatic N) is 2. The van der Waals surface area contributed by atoms with Gasteiger partial charge in [-0.1, -0.05) is 166 Å². The van der Waals surface area contributed by atoms with E-state index in [1.54, 1.807) is 0 Å². The van der Waals surface area contributed by atoms with Crippen LogP contribution in [0.25, 0.3) is 76.2 Å². The predicted molar refractivity (Wildman–Crippen MR) is 326 cm³/mol. The standard InChI is InChI=1S/C68H66N2O2Si2/c1-67(2,3)47-23-27-49(28-24-47)69(59-35-21-43-17-13-15-19-53(43)65(59)73(7,8)9)51-31-33-55-57-37-45-40-62-58(38-46(45)39-61(57)71-63(55)41-51)56-34-32-52(42-64(56)72-62)70(50-29-25-48(26-30-50)68(4,5)6)60-36-22-44-18-14-16-20-54(44)66(60)74(10,11)12/h13-42H,1-12H3. The van der Waals surface area contributed by atoms with E-state index in [1.165, 1.54) is 54.4 Å². The van der Waals surface area contributed by atoms with Crippen LogP contribution in [0.2, 0.25) is 39.3 Å². The van der Waals surface area contributed by atoms with E-state index >= 15 is 0 Å². The van der Waals surface area contributed by atoms with Gasteiger partial charge in [0.05, 0.1) is 16.1 Å². The summed E-state index contributed by atoms with van der Waals surface area (Å²) in [4.78, 5) is 4.91. The van der Waals surface area contributed by atoms with Crippen molar-refractivity contribution >= 4 is 137 Å². The van der Waals surface area contributed by atoms with Gasteiger partial charge < -0.3 is 18.6 Å². The van der Waals surface area contributed by atoms with Crippen molar-refractivity contribution in [3.05, 3.63) is 193 Å². The predicted octanol–water partition coefficient (Wildman–Crippen LogP) is 19.6. The average Bonchev–Trinajstić information content (AvgIpc) is 3.90. The molecule has 0 aliphatic rings. The van der Waals surface area contributed by atoms with Crippen molar-refractivity contribution in [1.29, 1.82) is 0 Å². The molecule has 0 atom stereocenters. The van der Waals surface area contributed by atoms with Crippen molar-refractivity contribution in [3.63, 3.8) is 0 Å². The molecule has 74 heavy (non-hydrogen) atoms. The Labute approximate surface area is 437 Å². The number of fused-ring (bicyclic) bond motifs is 9. The number of furan rings is 2. The van der Waals surface area contributed by atoms with Gasteiger partial charge in [-0.15, -0.1) is 0 Å². The van der Waals surface area contributed by atoms with E-state index < -0.39 is 16.1 Å². The van der Waals surface area contributed by atoms with Crippen LogP contribution in [0.4, 0.5) is 34.1 Å². The highest BCUT2D eigenvalue weighted by Gasteiger charge is 2.30. The highest BCUT2D eigenvalue weighted by atomic mass is 28.3. The maximum Gasteiger partial charge on any atom is 0.137 e. The van der Waals surface area contributed by atoms with Crippen molar-refractivity contribution < 1.29 is 8.83 Å². The fraction of sp³-hybridized carbons (Fsp3) is 0.206. The quantitative estimate of drug-likeness (QED) is 0.142. The first-order valence-electron chi connectivity index (χ1n) is 26.3. The third-order valence-electron chi connectivity index (χ3n) is 15.3. The van der Waals surface area contributed by atoms with Crippen LogP contribution in [0.1, 0.15) is 52.7 Å². The highest BCUT2D eigenvalue weighted by molar-refractivity contribution is 6.92. The molecule has 0 aliphatic heterocycles. The number of hydrogen-bond donors (Lipinski definition) is 0. The van der Waals surface area contributed by atoms with Gasteiger partial charge in [0.25, 0.3) is 0 Å². The van der Waals surface area contributed by atoms with Crippen LogP contribution in [0.15, 0.2) is 191 Å². The summed E-state index contributed by atoms with van der Waals surface area (Å²) in [5.74, 6) is 0. The maximum absolute atomic E-state index is 6.90. The van der Waals surface area contributed by atoms with Crippen molar-refractivity contribution in [3.8, 4) is 0 Å². The summed E-state index contributed by atoms with van der Waals surface area (Å²) < 4.78 is 13.8. The van der Waals surface area contributed by atoms with Crippen LogP contribution < -0.4 is 20.2 Å². The molecule has 0 unspecified atom stereocenters. The zero-order valence-electron chi connectivity index (χ0n) is 45.0. The largest absolute Gasteiger partial charge is 0.456 e. The molecule has 0 bridgehead atoms. The van der Waals surface area contributed by atoms with Crippen LogP contribution in [0.5, 0.6) is 0 Å². The first-order valence-corrected chi connectivity index (χ1v) is 33.3. The molecule has 0 N–H and O–H groups in total. The van der Waals surface area contributed by atoms with E-state index in [0.717, 1.165) is 77.4 Å². The van der Waals surface area contributed by atoms with E-state index in [-0.39, 0.29) is 10.8 Å². The Kier molecular flexibility index (Phi) is 11.0. The molecular weight excluding hydrogens is 933 g/mol. The maximum atomic E-state index is 6.90. The minimum Gasteiger partial charge on any atom is -0.456 e. The lowest BCUT2D eigenvalue weighted by Gasteiger charge is -2.33. The second-order valence-electron chi connectivity index (χ2n) is 24.7. The molecule has 2 heterocycles. The highest BCUT2D eigenvalue weighted by Crippen LogP contribution is 2.44. The van der Waals surface area contributed by atoms with E-state index in [9.17, 15) is 0 Å². The lowest BCUT2D eigenvalue weighted by Crippen LogP contribution is -2.41. The summed E-state index contributed by atoms with van der Waals surface area (Å²) in [6.45, 7) is 28.4. The molecule has 12 rings (SSSR count). The van der Waals surface area contributed by atoms with Crippen LogP contribution in [0, 0.1) is 0 Å². The summed E-state index contributed by atoms with van der Waals surface area (Å²) in [5, 5.41) is 14.7. The van der Waals surface area contributed by atoms with Gasteiger partial charge in [-0.2, -0.15) is 0 Å². The molecule has 0 saturated heterocycles. The first-order chi connectivity index (χ1) is 35.2. The fourth-order valence-electron chi connectivity index (χ4n) is 11.6. The summed E-state index contributed by atoms with van der Waals surface area (Å²) in [7, 11) is -3.77. The van der Waals surface area contributed by atoms with Gasteiger partial charge in [0.1, 0.15) is 22.3 Å². The Bertz CT molecular complexity index is 3900. The number of hydrogen-bond acceptors (Lipinski definition) is 4. The molecule has 4 nitrogen and oxygen atoms in total. The zero-order valence-corrected chi connectivity index (χ0v) is 47.0. The topological polar surface area (TPSA) is 32.8 Å². The second kappa shape index (κ2) is 17.1.